The molecule has 0 amide bonds. The summed E-state index contributed by atoms with van der Waals surface area (Å²) in [5.41, 5.74) is 0.933. The molecule has 0 radical (unpaired) electrons. The Balaban J connectivity index is 1.70. The normalized spacial score (nSPS) is 19.2. The fraction of sp³-hybridized carbons (Fsp3) is 0.429. The average molecular weight is 273 g/mol. The van der Waals surface area contributed by atoms with Gasteiger partial charge in [0.2, 0.25) is 0 Å². The average Bonchev–Trinajstić information content (AvgIpc) is 3.08. The molecule has 0 bridgehead atoms. The lowest BCUT2D eigenvalue weighted by Gasteiger charge is -2.22. The highest BCUT2D eigenvalue weighted by atomic mass is 32.1. The molecule has 3 rings (SSSR count). The van der Waals surface area contributed by atoms with E-state index >= 15 is 0 Å². The lowest BCUT2D eigenvalue weighted by molar-refractivity contribution is 0.00403. The van der Waals surface area contributed by atoms with Gasteiger partial charge in [-0.2, -0.15) is 10.4 Å². The summed E-state index contributed by atoms with van der Waals surface area (Å²) in [4.78, 5) is 1.76. The van der Waals surface area contributed by atoms with Gasteiger partial charge in [-0.15, -0.1) is 11.3 Å². The van der Waals surface area contributed by atoms with Crippen LogP contribution in [-0.4, -0.2) is 22.5 Å². The largest absolute Gasteiger partial charge is 0.376 e. The van der Waals surface area contributed by atoms with Gasteiger partial charge in [-0.25, -0.2) is 0 Å². The molecule has 98 valence electrons. The van der Waals surface area contributed by atoms with E-state index in [2.05, 4.69) is 11.2 Å². The summed E-state index contributed by atoms with van der Waals surface area (Å²) in [5.74, 6) is 0. The van der Waals surface area contributed by atoms with Gasteiger partial charge in [-0.1, -0.05) is 0 Å². The Hall–Kier alpha value is -1.64. The Morgan fingerprint density at radius 1 is 1.42 bits per heavy atom. The van der Waals surface area contributed by atoms with Gasteiger partial charge in [0.15, 0.2) is 0 Å². The zero-order chi connectivity index (χ0) is 13.1. The molecule has 1 saturated heterocycles. The fourth-order valence-corrected chi connectivity index (χ4v) is 3.06. The van der Waals surface area contributed by atoms with E-state index in [0.717, 1.165) is 35.0 Å². The third-order valence-electron chi connectivity index (χ3n) is 3.27. The Morgan fingerprint density at radius 2 is 2.37 bits per heavy atom. The molecule has 0 N–H and O–H groups in total. The smallest absolute Gasteiger partial charge is 0.110 e. The molecule has 4 nitrogen and oxygen atoms in total. The van der Waals surface area contributed by atoms with E-state index in [1.165, 1.54) is 24.2 Å². The minimum atomic E-state index is 0.291. The summed E-state index contributed by atoms with van der Waals surface area (Å²) in [6, 6.07) is 7.94. The second-order valence-electron chi connectivity index (χ2n) is 4.69. The van der Waals surface area contributed by atoms with E-state index in [0.29, 0.717) is 6.10 Å². The van der Waals surface area contributed by atoms with Gasteiger partial charge in [-0.05, 0) is 37.5 Å². The summed E-state index contributed by atoms with van der Waals surface area (Å²) < 4.78 is 7.66. The maximum atomic E-state index is 8.84. The molecule has 2 aromatic rings. The Morgan fingerprint density at radius 3 is 3.11 bits per heavy atom. The van der Waals surface area contributed by atoms with E-state index in [1.54, 1.807) is 0 Å². The topological polar surface area (TPSA) is 50.8 Å². The Labute approximate surface area is 116 Å². The molecule has 1 atom stereocenters. The monoisotopic (exact) mass is 273 g/mol. The van der Waals surface area contributed by atoms with Crippen molar-refractivity contribution in [3.8, 4) is 16.6 Å². The molecule has 1 aliphatic heterocycles. The van der Waals surface area contributed by atoms with Crippen LogP contribution < -0.4 is 0 Å². The first-order valence-corrected chi connectivity index (χ1v) is 7.32. The van der Waals surface area contributed by atoms with Crippen molar-refractivity contribution < 1.29 is 4.74 Å². The van der Waals surface area contributed by atoms with E-state index in [4.69, 9.17) is 10.00 Å². The number of rotatable bonds is 3. The SMILES string of the molecule is N#Cc1ccc(-c2ccn(CC3CCCCO3)n2)s1. The second-order valence-corrected chi connectivity index (χ2v) is 5.77. The van der Waals surface area contributed by atoms with Gasteiger partial charge in [0.25, 0.3) is 0 Å². The number of nitriles is 1. The minimum Gasteiger partial charge on any atom is -0.376 e. The van der Waals surface area contributed by atoms with Crippen molar-refractivity contribution in [2.75, 3.05) is 6.61 Å². The van der Waals surface area contributed by atoms with E-state index < -0.39 is 0 Å². The maximum Gasteiger partial charge on any atom is 0.110 e. The lowest BCUT2D eigenvalue weighted by Crippen LogP contribution is -2.24. The first-order valence-electron chi connectivity index (χ1n) is 6.50. The predicted molar refractivity (Wildman–Crippen MR) is 73.8 cm³/mol. The molecule has 0 aliphatic carbocycles. The highest BCUT2D eigenvalue weighted by molar-refractivity contribution is 7.15. The molecule has 0 spiro atoms. The van der Waals surface area contributed by atoms with Gasteiger partial charge >= 0.3 is 0 Å². The standard InChI is InChI=1S/C14H15N3OS/c15-9-12-4-5-14(19-12)13-6-7-17(16-13)10-11-3-1-2-8-18-11/h4-7,11H,1-3,8,10H2. The number of thiophene rings is 1. The Kier molecular flexibility index (Phi) is 3.62. The molecule has 0 aromatic carbocycles. The summed E-state index contributed by atoms with van der Waals surface area (Å²) >= 11 is 1.48. The second kappa shape index (κ2) is 5.55. The van der Waals surface area contributed by atoms with Crippen molar-refractivity contribution in [3.05, 3.63) is 29.3 Å². The van der Waals surface area contributed by atoms with Crippen LogP contribution in [0.4, 0.5) is 0 Å². The van der Waals surface area contributed by atoms with Crippen LogP contribution in [0.1, 0.15) is 24.1 Å². The number of aromatic nitrogens is 2. The molecule has 1 aliphatic rings. The van der Waals surface area contributed by atoms with Crippen LogP contribution in [0.3, 0.4) is 0 Å². The molecule has 1 unspecified atom stereocenters. The number of ether oxygens (including phenoxy) is 1. The van der Waals surface area contributed by atoms with E-state index in [1.807, 2.05) is 29.1 Å². The number of nitrogens with zero attached hydrogens (tertiary/aromatic N) is 3. The van der Waals surface area contributed by atoms with Crippen molar-refractivity contribution >= 4 is 11.3 Å². The van der Waals surface area contributed by atoms with Crippen LogP contribution in [0.2, 0.25) is 0 Å². The molecular weight excluding hydrogens is 258 g/mol. The third-order valence-corrected chi connectivity index (χ3v) is 4.29. The molecule has 1 fully saturated rings. The van der Waals surface area contributed by atoms with E-state index in [9.17, 15) is 0 Å². The molecule has 2 aromatic heterocycles. The number of hydrogen-bond donors (Lipinski definition) is 0. The molecule has 19 heavy (non-hydrogen) atoms. The summed E-state index contributed by atoms with van der Waals surface area (Å²) in [5, 5.41) is 13.4. The van der Waals surface area contributed by atoms with Gasteiger partial charge in [0, 0.05) is 12.8 Å². The summed E-state index contributed by atoms with van der Waals surface area (Å²) in [6.07, 6.45) is 5.81. The van der Waals surface area contributed by atoms with Gasteiger partial charge in [0.1, 0.15) is 16.6 Å². The molecule has 5 heteroatoms. The zero-order valence-corrected chi connectivity index (χ0v) is 11.4. The summed E-state index contributed by atoms with van der Waals surface area (Å²) in [6.45, 7) is 1.69. The third kappa shape index (κ3) is 2.86. The minimum absolute atomic E-state index is 0.291. The lowest BCUT2D eigenvalue weighted by atomic mass is 10.1. The Bertz CT molecular complexity index is 590. The van der Waals surface area contributed by atoms with Crippen LogP contribution in [0, 0.1) is 11.3 Å². The van der Waals surface area contributed by atoms with Gasteiger partial charge in [0.05, 0.1) is 17.5 Å². The molecular formula is C14H15N3OS. The van der Waals surface area contributed by atoms with Gasteiger partial charge < -0.3 is 4.74 Å². The maximum absolute atomic E-state index is 8.84. The van der Waals surface area contributed by atoms with Crippen LogP contribution in [0.25, 0.3) is 10.6 Å². The van der Waals surface area contributed by atoms with Crippen molar-refractivity contribution in [2.45, 2.75) is 31.9 Å². The van der Waals surface area contributed by atoms with Crippen molar-refractivity contribution in [2.24, 2.45) is 0 Å². The fourth-order valence-electron chi connectivity index (χ4n) is 2.29. The highest BCUT2D eigenvalue weighted by Crippen LogP contribution is 2.26. The van der Waals surface area contributed by atoms with Gasteiger partial charge in [-0.3, -0.25) is 4.68 Å². The molecule has 0 saturated carbocycles. The highest BCUT2D eigenvalue weighted by Gasteiger charge is 2.15. The zero-order valence-electron chi connectivity index (χ0n) is 10.6. The van der Waals surface area contributed by atoms with E-state index in [-0.39, 0.29) is 0 Å². The van der Waals surface area contributed by atoms with Crippen LogP contribution in [-0.2, 0) is 11.3 Å². The summed E-state index contributed by atoms with van der Waals surface area (Å²) in [7, 11) is 0. The van der Waals surface area contributed by atoms with Crippen LogP contribution in [0.15, 0.2) is 24.4 Å². The molecule has 3 heterocycles. The first kappa shape index (κ1) is 12.4. The van der Waals surface area contributed by atoms with Crippen molar-refractivity contribution in [1.29, 1.82) is 5.26 Å². The number of hydrogen-bond acceptors (Lipinski definition) is 4. The van der Waals surface area contributed by atoms with Crippen molar-refractivity contribution in [3.63, 3.8) is 0 Å². The van der Waals surface area contributed by atoms with Crippen molar-refractivity contribution in [1.82, 2.24) is 9.78 Å². The quantitative estimate of drug-likeness (QED) is 0.863. The predicted octanol–water partition coefficient (Wildman–Crippen LogP) is 3.05. The van der Waals surface area contributed by atoms with Crippen LogP contribution in [0.5, 0.6) is 0 Å². The van der Waals surface area contributed by atoms with Crippen LogP contribution >= 0.6 is 11.3 Å². The first-order chi connectivity index (χ1) is 9.35.